The first-order valence-electron chi connectivity index (χ1n) is 27.4. The van der Waals surface area contributed by atoms with Gasteiger partial charge in [-0.25, -0.2) is 0 Å². The number of nitrogens with zero attached hydrogens (tertiary/aromatic N) is 2. The van der Waals surface area contributed by atoms with Crippen LogP contribution in [0.25, 0.3) is 0 Å². The topological polar surface area (TPSA) is 88.2 Å². The van der Waals surface area contributed by atoms with Crippen molar-refractivity contribution in [2.75, 3.05) is 46.9 Å². The molecule has 1 N–H and O–H groups in total. The number of unbranched alkanes of at least 4 members (excludes halogenated alkanes) is 24. The fraction of sp³-hybridized carbons (Fsp3) is 0.839. The summed E-state index contributed by atoms with van der Waals surface area (Å²) in [5.74, 6) is 1.62. The van der Waals surface area contributed by atoms with Gasteiger partial charge >= 0.3 is 5.97 Å². The van der Waals surface area contributed by atoms with Gasteiger partial charge in [0.25, 0.3) is 0 Å². The minimum absolute atomic E-state index is 0.0553. The number of piperidine rings is 1. The van der Waals surface area contributed by atoms with Crippen molar-refractivity contribution in [1.29, 1.82) is 0 Å². The lowest BCUT2D eigenvalue weighted by Crippen LogP contribution is -2.56. The molecule has 0 radical (unpaired) electrons. The Bertz CT molecular complexity index is 1270. The lowest BCUT2D eigenvalue weighted by atomic mass is 9.85. The predicted molar refractivity (Wildman–Crippen MR) is 270 cm³/mol. The van der Waals surface area contributed by atoms with E-state index in [0.717, 1.165) is 89.7 Å². The Hall–Kier alpha value is -2.61. The molecule has 1 heterocycles. The van der Waals surface area contributed by atoms with E-state index in [1.54, 1.807) is 7.11 Å². The maximum Gasteiger partial charge on any atom is 0.305 e. The van der Waals surface area contributed by atoms with Gasteiger partial charge in [0.2, 0.25) is 11.8 Å². The fourth-order valence-corrected chi connectivity index (χ4v) is 9.91. The second-order valence-corrected chi connectivity index (χ2v) is 19.5. The number of nitrogens with one attached hydrogen (secondary N) is 1. The van der Waals surface area contributed by atoms with Crippen molar-refractivity contribution in [2.45, 2.75) is 245 Å². The van der Waals surface area contributed by atoms with E-state index in [1.165, 1.54) is 160 Å². The number of hydrogen-bond acceptors (Lipinski definition) is 6. The molecule has 0 saturated carbocycles. The van der Waals surface area contributed by atoms with Crippen LogP contribution >= 0.6 is 0 Å². The number of methoxy groups -OCH3 is 2. The van der Waals surface area contributed by atoms with Crippen LogP contribution in [0.15, 0.2) is 24.3 Å². The zero-order chi connectivity index (χ0) is 46.3. The first-order chi connectivity index (χ1) is 31.4. The van der Waals surface area contributed by atoms with Gasteiger partial charge in [0.15, 0.2) is 0 Å². The largest absolute Gasteiger partial charge is 0.497 e. The average molecular weight is 896 g/mol. The summed E-state index contributed by atoms with van der Waals surface area (Å²) in [5, 5.41) is 3.38. The molecule has 2 unspecified atom stereocenters. The number of ether oxygens (including phenoxy) is 2. The Morgan fingerprint density at radius 3 is 1.53 bits per heavy atom. The number of carbonyl (C=O) groups excluding carboxylic acids is 3. The lowest BCUT2D eigenvalue weighted by Gasteiger charge is -2.41. The molecule has 1 aliphatic rings. The van der Waals surface area contributed by atoms with Crippen LogP contribution in [0.3, 0.4) is 0 Å². The van der Waals surface area contributed by atoms with Gasteiger partial charge in [0.05, 0.1) is 14.2 Å². The number of benzene rings is 1. The van der Waals surface area contributed by atoms with E-state index in [4.69, 9.17) is 9.47 Å². The van der Waals surface area contributed by atoms with Crippen LogP contribution in [0.5, 0.6) is 5.75 Å². The molecule has 370 valence electrons. The summed E-state index contributed by atoms with van der Waals surface area (Å²) in [6.45, 7) is 11.1. The molecule has 1 saturated heterocycles. The minimum Gasteiger partial charge on any atom is -0.497 e. The van der Waals surface area contributed by atoms with Crippen molar-refractivity contribution in [3.8, 4) is 5.75 Å². The molecule has 64 heavy (non-hydrogen) atoms. The maximum atomic E-state index is 14.8. The third-order valence-corrected chi connectivity index (χ3v) is 14.2. The van der Waals surface area contributed by atoms with E-state index in [0.29, 0.717) is 25.3 Å². The highest BCUT2D eigenvalue weighted by Gasteiger charge is 2.38. The second-order valence-electron chi connectivity index (χ2n) is 19.5. The van der Waals surface area contributed by atoms with Crippen molar-refractivity contribution in [3.63, 3.8) is 0 Å². The number of rotatable bonds is 42. The maximum absolute atomic E-state index is 14.8. The van der Waals surface area contributed by atoms with Crippen LogP contribution in [0.1, 0.15) is 238 Å². The fourth-order valence-electron chi connectivity index (χ4n) is 9.91. The van der Waals surface area contributed by atoms with Gasteiger partial charge in [-0.1, -0.05) is 193 Å². The Labute approximate surface area is 394 Å². The smallest absolute Gasteiger partial charge is 0.305 e. The van der Waals surface area contributed by atoms with Crippen molar-refractivity contribution < 1.29 is 23.9 Å². The molecule has 8 nitrogen and oxygen atoms in total. The van der Waals surface area contributed by atoms with Crippen LogP contribution in [0.4, 0.5) is 0 Å². The van der Waals surface area contributed by atoms with Crippen molar-refractivity contribution in [3.05, 3.63) is 29.8 Å². The van der Waals surface area contributed by atoms with E-state index < -0.39 is 6.04 Å². The van der Waals surface area contributed by atoms with Gasteiger partial charge in [0, 0.05) is 25.9 Å². The van der Waals surface area contributed by atoms with E-state index >= 15 is 0 Å². The van der Waals surface area contributed by atoms with Gasteiger partial charge in [-0.2, -0.15) is 0 Å². The molecule has 0 spiro atoms. The van der Waals surface area contributed by atoms with Crippen LogP contribution < -0.4 is 10.1 Å². The highest BCUT2D eigenvalue weighted by molar-refractivity contribution is 5.88. The summed E-state index contributed by atoms with van der Waals surface area (Å²) in [5.41, 5.74) is 1.17. The zero-order valence-corrected chi connectivity index (χ0v) is 42.6. The summed E-state index contributed by atoms with van der Waals surface area (Å²) in [6, 6.07) is 7.73. The monoisotopic (exact) mass is 896 g/mol. The molecule has 0 aliphatic carbocycles. The molecule has 1 aromatic rings. The molecule has 0 aromatic heterocycles. The van der Waals surface area contributed by atoms with Crippen molar-refractivity contribution >= 4 is 17.8 Å². The Balaban J connectivity index is 2.13. The van der Waals surface area contributed by atoms with Gasteiger partial charge < -0.3 is 24.6 Å². The molecule has 1 aliphatic heterocycles. The lowest BCUT2D eigenvalue weighted by molar-refractivity contribution is -0.144. The Kier molecular flexibility index (Phi) is 35.5. The second kappa shape index (κ2) is 39.5. The third kappa shape index (κ3) is 27.8. The number of carbonyl (C=O) groups is 3. The van der Waals surface area contributed by atoms with Crippen LogP contribution in [-0.4, -0.2) is 80.6 Å². The number of esters is 1. The van der Waals surface area contributed by atoms with E-state index in [-0.39, 0.29) is 23.7 Å². The minimum atomic E-state index is -0.412. The predicted octanol–water partition coefficient (Wildman–Crippen LogP) is 14.2. The molecule has 2 rings (SSSR count). The SMILES string of the molecule is CCCCCCCCCCC(CCCCCCCCC)CN(C(=O)CCCCCCCCCCCCCCC(=O)OC)C(C(=O)NCCc1ccc(OC)cc1)C1CCN(CC)CC1. The quantitative estimate of drug-likeness (QED) is 0.0519. The first-order valence-corrected chi connectivity index (χ1v) is 27.4. The summed E-state index contributed by atoms with van der Waals surface area (Å²) in [6.07, 6.45) is 39.6. The first kappa shape index (κ1) is 57.5. The molecule has 2 amide bonds. The molecular formula is C56H101N3O5. The number of amides is 2. The number of hydrogen-bond donors (Lipinski definition) is 1. The third-order valence-electron chi connectivity index (χ3n) is 14.2. The average Bonchev–Trinajstić information content (AvgIpc) is 3.31. The molecule has 1 aromatic carbocycles. The highest BCUT2D eigenvalue weighted by Crippen LogP contribution is 2.29. The molecular weight excluding hydrogens is 795 g/mol. The summed E-state index contributed by atoms with van der Waals surface area (Å²) < 4.78 is 10.1. The summed E-state index contributed by atoms with van der Waals surface area (Å²) in [7, 11) is 3.15. The zero-order valence-electron chi connectivity index (χ0n) is 42.6. The van der Waals surface area contributed by atoms with E-state index in [1.807, 2.05) is 12.1 Å². The van der Waals surface area contributed by atoms with Gasteiger partial charge in [-0.15, -0.1) is 0 Å². The van der Waals surface area contributed by atoms with Crippen LogP contribution in [0.2, 0.25) is 0 Å². The molecule has 0 bridgehead atoms. The summed E-state index contributed by atoms with van der Waals surface area (Å²) >= 11 is 0. The van der Waals surface area contributed by atoms with Crippen LogP contribution in [0, 0.1) is 11.8 Å². The molecule has 2 atom stereocenters. The normalized spacial score (nSPS) is 14.3. The van der Waals surface area contributed by atoms with Crippen molar-refractivity contribution in [2.24, 2.45) is 11.8 Å². The highest BCUT2D eigenvalue weighted by atomic mass is 16.5. The molecule has 1 fully saturated rings. The van der Waals surface area contributed by atoms with E-state index in [9.17, 15) is 14.4 Å². The Morgan fingerprint density at radius 2 is 1.08 bits per heavy atom. The van der Waals surface area contributed by atoms with Gasteiger partial charge in [-0.05, 0) is 94.1 Å². The van der Waals surface area contributed by atoms with Crippen molar-refractivity contribution in [1.82, 2.24) is 15.1 Å². The van der Waals surface area contributed by atoms with Crippen LogP contribution in [-0.2, 0) is 25.5 Å². The molecule has 8 heteroatoms. The Morgan fingerprint density at radius 1 is 0.625 bits per heavy atom. The van der Waals surface area contributed by atoms with Gasteiger partial charge in [0.1, 0.15) is 11.8 Å². The number of likely N-dealkylation sites (tertiary alicyclic amines) is 1. The van der Waals surface area contributed by atoms with E-state index in [2.05, 4.69) is 48.0 Å². The van der Waals surface area contributed by atoms with Gasteiger partial charge in [-0.3, -0.25) is 14.4 Å². The summed E-state index contributed by atoms with van der Waals surface area (Å²) in [4.78, 5) is 45.4. The standard InChI is InChI=1S/C56H101N3O5/c1-6-9-11-13-15-23-27-31-35-50(34-30-26-22-14-12-10-7-2)48-59(53(60)36-32-28-24-20-18-16-17-19-21-25-29-33-37-54(61)64-5)55(51-43-46-58(8-3)47-44-51)56(62)57-45-42-49-38-40-52(63-4)41-39-49/h38-41,50-51,55H,6-37,42-48H2,1-5H3,(H,57,62).